The molecule has 0 amide bonds. The van der Waals surface area contributed by atoms with E-state index in [1.165, 1.54) is 0 Å². The van der Waals surface area contributed by atoms with E-state index in [4.69, 9.17) is 12.2 Å². The Morgan fingerprint density at radius 2 is 1.76 bits per heavy atom. The number of hydrogen-bond acceptors (Lipinski definition) is 4. The molecule has 3 N–H and O–H groups in total. The molecule has 6 nitrogen and oxygen atoms in total. The molecule has 1 aromatic heterocycles. The summed E-state index contributed by atoms with van der Waals surface area (Å²) in [4.78, 5) is 24.6. The second-order valence-electron chi connectivity index (χ2n) is 5.47. The predicted octanol–water partition coefficient (Wildman–Crippen LogP) is 2.44. The molecule has 1 atom stereocenters. The molecule has 0 spiro atoms. The summed E-state index contributed by atoms with van der Waals surface area (Å²) in [6.45, 7) is 1.95. The van der Waals surface area contributed by atoms with E-state index in [-0.39, 0.29) is 22.3 Å². The van der Waals surface area contributed by atoms with E-state index in [2.05, 4.69) is 31.9 Å². The maximum absolute atomic E-state index is 12.5. The highest BCUT2D eigenvalue weighted by Gasteiger charge is 2.11. The van der Waals surface area contributed by atoms with Crippen molar-refractivity contribution in [2.75, 3.05) is 0 Å². The van der Waals surface area contributed by atoms with E-state index in [1.54, 1.807) is 24.3 Å². The summed E-state index contributed by atoms with van der Waals surface area (Å²) in [6.07, 6.45) is 0. The Balaban J connectivity index is 1.81. The van der Waals surface area contributed by atoms with Gasteiger partial charge in [-0.1, -0.05) is 40.2 Å². The van der Waals surface area contributed by atoms with E-state index in [1.807, 2.05) is 31.2 Å². The van der Waals surface area contributed by atoms with Crippen LogP contribution in [-0.4, -0.2) is 14.9 Å². The molecule has 25 heavy (non-hydrogen) atoms. The zero-order valence-corrected chi connectivity index (χ0v) is 15.6. The highest BCUT2D eigenvalue weighted by Crippen LogP contribution is 2.15. The fraction of sp³-hybridized carbons (Fsp3) is 0.118. The first kappa shape index (κ1) is 17.5. The van der Waals surface area contributed by atoms with Gasteiger partial charge in [0.15, 0.2) is 0 Å². The van der Waals surface area contributed by atoms with Gasteiger partial charge in [0.1, 0.15) is 0 Å². The quantitative estimate of drug-likeness (QED) is 0.449. The maximum atomic E-state index is 12.5. The number of hydrogen-bond donors (Lipinski definition) is 3. The number of hydrazine groups is 1. The Hall–Kier alpha value is -2.29. The van der Waals surface area contributed by atoms with Gasteiger partial charge in [-0.3, -0.25) is 20.1 Å². The number of H-pyrrole nitrogens is 1. The van der Waals surface area contributed by atoms with Crippen molar-refractivity contribution in [2.45, 2.75) is 13.0 Å². The summed E-state index contributed by atoms with van der Waals surface area (Å²) in [5, 5.41) is 3.21. The zero-order chi connectivity index (χ0) is 18.0. The van der Waals surface area contributed by atoms with Crippen molar-refractivity contribution < 1.29 is 0 Å². The van der Waals surface area contributed by atoms with E-state index in [0.717, 1.165) is 14.7 Å². The van der Waals surface area contributed by atoms with Crippen LogP contribution >= 0.6 is 28.1 Å². The van der Waals surface area contributed by atoms with Crippen molar-refractivity contribution in [1.82, 2.24) is 20.6 Å². The van der Waals surface area contributed by atoms with Crippen molar-refractivity contribution in [3.63, 3.8) is 0 Å². The van der Waals surface area contributed by atoms with Crippen LogP contribution in [0.4, 0.5) is 0 Å². The molecule has 128 valence electrons. The van der Waals surface area contributed by atoms with E-state index in [0.29, 0.717) is 10.8 Å². The second-order valence-corrected chi connectivity index (χ2v) is 6.78. The van der Waals surface area contributed by atoms with E-state index < -0.39 is 0 Å². The molecule has 2 aromatic carbocycles. The Labute approximate surface area is 157 Å². The van der Waals surface area contributed by atoms with Crippen molar-refractivity contribution in [3.8, 4) is 0 Å². The third-order valence-electron chi connectivity index (χ3n) is 3.79. The molecular weight excluding hydrogens is 404 g/mol. The molecule has 1 heterocycles. The van der Waals surface area contributed by atoms with Crippen LogP contribution in [-0.2, 0) is 0 Å². The monoisotopic (exact) mass is 418 g/mol. The summed E-state index contributed by atoms with van der Waals surface area (Å²) < 4.78 is 2.02. The van der Waals surface area contributed by atoms with E-state index in [9.17, 15) is 9.59 Å². The number of aromatic nitrogens is 2. The molecule has 0 fully saturated rings. The van der Waals surface area contributed by atoms with E-state index >= 15 is 0 Å². The highest BCUT2D eigenvalue weighted by atomic mass is 79.9. The van der Waals surface area contributed by atoms with Gasteiger partial charge in [-0.2, -0.15) is 4.68 Å². The number of fused-ring (bicyclic) bond motifs is 1. The zero-order valence-electron chi connectivity index (χ0n) is 13.2. The summed E-state index contributed by atoms with van der Waals surface area (Å²) in [5.41, 5.74) is 6.11. The molecule has 0 saturated heterocycles. The third-order valence-corrected chi connectivity index (χ3v) is 4.60. The molecule has 0 aliphatic carbocycles. The molecule has 0 saturated carbocycles. The second kappa shape index (κ2) is 7.30. The van der Waals surface area contributed by atoms with Crippen LogP contribution in [0.2, 0.25) is 0 Å². The topological polar surface area (TPSA) is 78.9 Å². The van der Waals surface area contributed by atoms with Crippen LogP contribution in [0.1, 0.15) is 18.5 Å². The molecule has 0 aliphatic rings. The highest BCUT2D eigenvalue weighted by molar-refractivity contribution is 9.10. The normalized spacial score (nSPS) is 12.1. The fourth-order valence-corrected chi connectivity index (χ4v) is 2.86. The van der Waals surface area contributed by atoms with Crippen molar-refractivity contribution in [1.29, 1.82) is 0 Å². The Bertz CT molecular complexity index is 1040. The lowest BCUT2D eigenvalue weighted by atomic mass is 10.1. The van der Waals surface area contributed by atoms with Crippen molar-refractivity contribution >= 4 is 44.0 Å². The molecular formula is C17H15BrN4O2S. The Morgan fingerprint density at radius 1 is 1.12 bits per heavy atom. The number of benzene rings is 2. The number of nitrogens with zero attached hydrogens (tertiary/aromatic N) is 1. The SMILES string of the molecule is CC(NNC(=S)n1[nH]c(=O)c2ccccc2c1=O)c1ccc(Br)cc1. The lowest BCUT2D eigenvalue weighted by Crippen LogP contribution is -2.47. The predicted molar refractivity (Wildman–Crippen MR) is 106 cm³/mol. The Kier molecular flexibility index (Phi) is 5.12. The summed E-state index contributed by atoms with van der Waals surface area (Å²) >= 11 is 8.62. The molecule has 0 bridgehead atoms. The summed E-state index contributed by atoms with van der Waals surface area (Å²) in [7, 11) is 0. The first-order valence-electron chi connectivity index (χ1n) is 7.53. The first-order valence-corrected chi connectivity index (χ1v) is 8.73. The molecule has 1 unspecified atom stereocenters. The average Bonchev–Trinajstić information content (AvgIpc) is 2.63. The molecule has 0 aliphatic heterocycles. The number of halogens is 1. The Morgan fingerprint density at radius 3 is 2.44 bits per heavy atom. The summed E-state index contributed by atoms with van der Waals surface area (Å²) in [6, 6.07) is 14.4. The van der Waals surface area contributed by atoms with Crippen LogP contribution < -0.4 is 22.0 Å². The third kappa shape index (κ3) is 3.71. The van der Waals surface area contributed by atoms with Gasteiger partial charge in [-0.05, 0) is 49.0 Å². The number of rotatable bonds is 3. The standard InChI is InChI=1S/C17H15BrN4O2S/c1-10(11-6-8-12(18)9-7-11)19-20-17(25)22-16(24)14-5-3-2-4-13(14)15(23)21-22/h2-10,19H,1H3,(H,20,25)(H,21,23). The van der Waals surface area contributed by atoms with Gasteiger partial charge in [0.2, 0.25) is 5.11 Å². The average molecular weight is 419 g/mol. The van der Waals surface area contributed by atoms with Crippen LogP contribution in [0.25, 0.3) is 10.8 Å². The first-order chi connectivity index (χ1) is 12.0. The van der Waals surface area contributed by atoms with Gasteiger partial charge in [0.05, 0.1) is 10.8 Å². The number of nitrogens with one attached hydrogen (secondary N) is 3. The minimum absolute atomic E-state index is 0.0612. The van der Waals surface area contributed by atoms with Gasteiger partial charge >= 0.3 is 0 Å². The number of aromatic amines is 1. The molecule has 3 rings (SSSR count). The summed E-state index contributed by atoms with van der Waals surface area (Å²) in [5.74, 6) is 0. The lowest BCUT2D eigenvalue weighted by Gasteiger charge is -2.17. The van der Waals surface area contributed by atoms with Gasteiger partial charge < -0.3 is 0 Å². The minimum Gasteiger partial charge on any atom is -0.296 e. The maximum Gasteiger partial charge on any atom is 0.279 e. The van der Waals surface area contributed by atoms with Gasteiger partial charge in [-0.25, -0.2) is 5.43 Å². The van der Waals surface area contributed by atoms with Crippen molar-refractivity contribution in [3.05, 3.63) is 79.3 Å². The number of thiocarbonyl (C=S) groups is 1. The smallest absolute Gasteiger partial charge is 0.279 e. The molecule has 3 aromatic rings. The van der Waals surface area contributed by atoms with Gasteiger partial charge in [0.25, 0.3) is 11.1 Å². The van der Waals surface area contributed by atoms with Crippen molar-refractivity contribution in [2.24, 2.45) is 0 Å². The molecule has 8 heteroatoms. The largest absolute Gasteiger partial charge is 0.296 e. The molecule has 0 radical (unpaired) electrons. The van der Waals surface area contributed by atoms with Crippen LogP contribution in [0, 0.1) is 0 Å². The lowest BCUT2D eigenvalue weighted by molar-refractivity contribution is 0.536. The minimum atomic E-state index is -0.384. The van der Waals surface area contributed by atoms with Crippen LogP contribution in [0.5, 0.6) is 0 Å². The van der Waals surface area contributed by atoms with Gasteiger partial charge in [0, 0.05) is 10.5 Å². The fourth-order valence-electron chi connectivity index (χ4n) is 2.40. The van der Waals surface area contributed by atoms with Gasteiger partial charge in [-0.15, -0.1) is 0 Å². The van der Waals surface area contributed by atoms with Crippen LogP contribution in [0.15, 0.2) is 62.6 Å². The van der Waals surface area contributed by atoms with Crippen LogP contribution in [0.3, 0.4) is 0 Å².